The van der Waals surface area contributed by atoms with Gasteiger partial charge in [-0.1, -0.05) is 12.1 Å². The molecule has 2 amide bonds. The van der Waals surface area contributed by atoms with E-state index < -0.39 is 5.63 Å². The Labute approximate surface area is 178 Å². The van der Waals surface area contributed by atoms with Crippen molar-refractivity contribution in [2.45, 2.75) is 32.2 Å². The summed E-state index contributed by atoms with van der Waals surface area (Å²) in [6.45, 7) is 2.95. The fourth-order valence-electron chi connectivity index (χ4n) is 3.90. The van der Waals surface area contributed by atoms with Crippen molar-refractivity contribution in [2.75, 3.05) is 13.1 Å². The highest BCUT2D eigenvalue weighted by molar-refractivity contribution is 5.94. The van der Waals surface area contributed by atoms with Crippen molar-refractivity contribution < 1.29 is 18.4 Å². The Morgan fingerprint density at radius 3 is 2.52 bits per heavy atom. The van der Waals surface area contributed by atoms with Crippen LogP contribution in [-0.4, -0.2) is 35.8 Å². The normalized spacial score (nSPS) is 14.6. The smallest absolute Gasteiger partial charge is 0.336 e. The van der Waals surface area contributed by atoms with Crippen molar-refractivity contribution in [1.82, 2.24) is 10.2 Å². The van der Waals surface area contributed by atoms with Crippen molar-refractivity contribution >= 4 is 22.8 Å². The molecule has 0 atom stereocenters. The quantitative estimate of drug-likeness (QED) is 0.655. The van der Waals surface area contributed by atoms with E-state index in [9.17, 15) is 18.8 Å². The summed E-state index contributed by atoms with van der Waals surface area (Å²) in [7, 11) is 0. The Balaban J connectivity index is 1.37. The topological polar surface area (TPSA) is 79.6 Å². The number of benzene rings is 2. The molecule has 0 unspecified atom stereocenters. The molecule has 1 N–H and O–H groups in total. The second-order valence-corrected chi connectivity index (χ2v) is 7.90. The van der Waals surface area contributed by atoms with Gasteiger partial charge in [0.1, 0.15) is 11.4 Å². The summed E-state index contributed by atoms with van der Waals surface area (Å²) in [6, 6.07) is 12.3. The predicted molar refractivity (Wildman–Crippen MR) is 114 cm³/mol. The number of fused-ring (bicyclic) bond motifs is 1. The molecule has 1 aromatic heterocycles. The highest BCUT2D eigenvalue weighted by Gasteiger charge is 2.25. The van der Waals surface area contributed by atoms with E-state index in [0.717, 1.165) is 10.9 Å². The monoisotopic (exact) mass is 422 g/mol. The molecule has 0 aliphatic carbocycles. The Morgan fingerprint density at radius 1 is 1.10 bits per heavy atom. The van der Waals surface area contributed by atoms with Crippen LogP contribution in [0.3, 0.4) is 0 Å². The van der Waals surface area contributed by atoms with Gasteiger partial charge in [-0.3, -0.25) is 9.59 Å². The number of hydrogen-bond acceptors (Lipinski definition) is 4. The number of nitrogens with one attached hydrogen (secondary N) is 1. The van der Waals surface area contributed by atoms with Crippen LogP contribution >= 0.6 is 0 Å². The van der Waals surface area contributed by atoms with E-state index in [2.05, 4.69) is 5.32 Å². The van der Waals surface area contributed by atoms with Gasteiger partial charge in [-0.25, -0.2) is 9.18 Å². The van der Waals surface area contributed by atoms with E-state index in [1.165, 1.54) is 30.3 Å². The number of carbonyl (C=O) groups is 2. The minimum absolute atomic E-state index is 0.0471. The highest BCUT2D eigenvalue weighted by atomic mass is 19.1. The molecule has 0 radical (unpaired) electrons. The van der Waals surface area contributed by atoms with Crippen LogP contribution in [0.1, 0.15) is 34.3 Å². The van der Waals surface area contributed by atoms with E-state index in [0.29, 0.717) is 42.6 Å². The maximum absolute atomic E-state index is 13.0. The predicted octanol–water partition coefficient (Wildman–Crippen LogP) is 3.20. The first-order valence-corrected chi connectivity index (χ1v) is 10.3. The number of amides is 2. The van der Waals surface area contributed by atoms with Crippen LogP contribution in [0.4, 0.5) is 4.39 Å². The van der Waals surface area contributed by atoms with Crippen LogP contribution in [0.15, 0.2) is 57.7 Å². The highest BCUT2D eigenvalue weighted by Crippen LogP contribution is 2.20. The number of aryl methyl sites for hydroxylation is 1. The van der Waals surface area contributed by atoms with Crippen molar-refractivity contribution in [3.05, 3.63) is 81.5 Å². The van der Waals surface area contributed by atoms with Crippen LogP contribution in [0.25, 0.3) is 11.0 Å². The lowest BCUT2D eigenvalue weighted by molar-refractivity contribution is -0.131. The zero-order valence-electron chi connectivity index (χ0n) is 17.2. The Hall–Kier alpha value is -3.48. The second-order valence-electron chi connectivity index (χ2n) is 7.90. The molecule has 160 valence electrons. The van der Waals surface area contributed by atoms with Gasteiger partial charge in [-0.15, -0.1) is 0 Å². The van der Waals surface area contributed by atoms with E-state index in [-0.39, 0.29) is 30.1 Å². The first-order chi connectivity index (χ1) is 14.9. The van der Waals surface area contributed by atoms with Gasteiger partial charge in [0.15, 0.2) is 0 Å². The van der Waals surface area contributed by atoms with Crippen LogP contribution in [0, 0.1) is 12.7 Å². The average molecular weight is 422 g/mol. The molecule has 31 heavy (non-hydrogen) atoms. The second kappa shape index (κ2) is 8.71. The molecule has 1 aliphatic rings. The molecular weight excluding hydrogens is 399 g/mol. The third kappa shape index (κ3) is 4.82. The van der Waals surface area contributed by atoms with Crippen LogP contribution < -0.4 is 10.9 Å². The molecular formula is C24H23FN2O4. The standard InChI is InChI=1S/C24H23FN2O4/c1-15-2-7-20-17(14-23(29)31-21(20)12-15)13-22(28)27-10-8-19(9-11-27)26-24(30)16-3-5-18(25)6-4-16/h2-7,12,14,19H,8-11,13H2,1H3,(H,26,30). The number of halogens is 1. The molecule has 1 fully saturated rings. The maximum atomic E-state index is 13.0. The Bertz CT molecular complexity index is 1180. The molecule has 1 saturated heterocycles. The Kier molecular flexibility index (Phi) is 5.84. The molecule has 0 saturated carbocycles. The summed E-state index contributed by atoms with van der Waals surface area (Å²) >= 11 is 0. The van der Waals surface area contributed by atoms with Crippen molar-refractivity contribution in [1.29, 1.82) is 0 Å². The van der Waals surface area contributed by atoms with E-state index >= 15 is 0 Å². The molecule has 0 spiro atoms. The maximum Gasteiger partial charge on any atom is 0.336 e. The first kappa shape index (κ1) is 20.8. The first-order valence-electron chi connectivity index (χ1n) is 10.3. The summed E-state index contributed by atoms with van der Waals surface area (Å²) < 4.78 is 18.3. The van der Waals surface area contributed by atoms with E-state index in [1.807, 2.05) is 19.1 Å². The van der Waals surface area contributed by atoms with Crippen molar-refractivity contribution in [2.24, 2.45) is 0 Å². The molecule has 2 heterocycles. The van der Waals surface area contributed by atoms with Gasteiger partial charge in [0.25, 0.3) is 5.91 Å². The van der Waals surface area contributed by atoms with Gasteiger partial charge in [0, 0.05) is 36.1 Å². The fraction of sp³-hybridized carbons (Fsp3) is 0.292. The zero-order chi connectivity index (χ0) is 22.0. The molecule has 1 aliphatic heterocycles. The number of hydrogen-bond donors (Lipinski definition) is 1. The molecule has 6 nitrogen and oxygen atoms in total. The lowest BCUT2D eigenvalue weighted by Crippen LogP contribution is -2.47. The van der Waals surface area contributed by atoms with Crippen molar-refractivity contribution in [3.63, 3.8) is 0 Å². The van der Waals surface area contributed by atoms with Crippen LogP contribution in [-0.2, 0) is 11.2 Å². The summed E-state index contributed by atoms with van der Waals surface area (Å²) in [5, 5.41) is 3.71. The third-order valence-electron chi connectivity index (χ3n) is 5.62. The average Bonchev–Trinajstić information content (AvgIpc) is 2.74. The number of rotatable bonds is 4. The Morgan fingerprint density at radius 2 is 1.81 bits per heavy atom. The molecule has 3 aromatic rings. The van der Waals surface area contributed by atoms with Gasteiger partial charge in [-0.2, -0.15) is 0 Å². The van der Waals surface area contributed by atoms with Gasteiger partial charge in [0.05, 0.1) is 6.42 Å². The molecule has 4 rings (SSSR count). The van der Waals surface area contributed by atoms with E-state index in [4.69, 9.17) is 4.42 Å². The zero-order valence-corrected chi connectivity index (χ0v) is 17.2. The molecule has 2 aromatic carbocycles. The lowest BCUT2D eigenvalue weighted by Gasteiger charge is -2.32. The summed E-state index contributed by atoms with van der Waals surface area (Å²) in [5.41, 5.74) is 2.05. The van der Waals surface area contributed by atoms with Gasteiger partial charge < -0.3 is 14.6 Å². The van der Waals surface area contributed by atoms with Gasteiger partial charge in [0.2, 0.25) is 5.91 Å². The van der Waals surface area contributed by atoms with Crippen LogP contribution in [0.2, 0.25) is 0 Å². The summed E-state index contributed by atoms with van der Waals surface area (Å²) in [5.74, 6) is -0.694. The number of nitrogens with zero attached hydrogens (tertiary/aromatic N) is 1. The molecule has 0 bridgehead atoms. The number of likely N-dealkylation sites (tertiary alicyclic amines) is 1. The van der Waals surface area contributed by atoms with Crippen LogP contribution in [0.5, 0.6) is 0 Å². The number of carbonyl (C=O) groups excluding carboxylic acids is 2. The number of piperidine rings is 1. The minimum Gasteiger partial charge on any atom is -0.423 e. The lowest BCUT2D eigenvalue weighted by atomic mass is 10.0. The summed E-state index contributed by atoms with van der Waals surface area (Å²) in [4.78, 5) is 38.8. The van der Waals surface area contributed by atoms with Crippen molar-refractivity contribution in [3.8, 4) is 0 Å². The largest absolute Gasteiger partial charge is 0.423 e. The third-order valence-corrected chi connectivity index (χ3v) is 5.62. The van der Waals surface area contributed by atoms with E-state index in [1.54, 1.807) is 11.0 Å². The fourth-order valence-corrected chi connectivity index (χ4v) is 3.90. The SMILES string of the molecule is Cc1ccc2c(CC(=O)N3CCC(NC(=O)c4ccc(F)cc4)CC3)cc(=O)oc2c1. The molecule has 7 heteroatoms. The summed E-state index contributed by atoms with van der Waals surface area (Å²) in [6.07, 6.45) is 1.39. The van der Waals surface area contributed by atoms with Gasteiger partial charge >= 0.3 is 5.63 Å². The minimum atomic E-state index is -0.469. The van der Waals surface area contributed by atoms with Gasteiger partial charge in [-0.05, 0) is 61.2 Å².